The van der Waals surface area contributed by atoms with E-state index in [1.54, 1.807) is 0 Å². The summed E-state index contributed by atoms with van der Waals surface area (Å²) in [6.07, 6.45) is 1.28. The number of urea groups is 1. The number of rotatable bonds is 6. The van der Waals surface area contributed by atoms with Crippen molar-refractivity contribution in [2.45, 2.75) is 66.8 Å². The quantitative estimate of drug-likeness (QED) is 0.461. The van der Waals surface area contributed by atoms with Crippen LogP contribution in [0.1, 0.15) is 57.7 Å². The highest BCUT2D eigenvalue weighted by Crippen LogP contribution is 2.31. The summed E-state index contributed by atoms with van der Waals surface area (Å²) in [6.45, 7) is 14.2. The van der Waals surface area contributed by atoms with Gasteiger partial charge in [0.25, 0.3) is 0 Å². The Morgan fingerprint density at radius 1 is 1.14 bits per heavy atom. The van der Waals surface area contributed by atoms with Crippen LogP contribution in [-0.2, 0) is 17.6 Å². The van der Waals surface area contributed by atoms with Crippen molar-refractivity contribution >= 4 is 35.1 Å². The number of nitrogens with one attached hydrogen (secondary N) is 1. The summed E-state index contributed by atoms with van der Waals surface area (Å²) in [7, 11) is 0. The van der Waals surface area contributed by atoms with Crippen molar-refractivity contribution in [2.24, 2.45) is 5.41 Å². The number of anilines is 2. The molecule has 2 aromatic carbocycles. The predicted octanol–water partition coefficient (Wildman–Crippen LogP) is 7.07. The van der Waals surface area contributed by atoms with Gasteiger partial charge in [-0.2, -0.15) is 0 Å². The van der Waals surface area contributed by atoms with E-state index in [9.17, 15) is 9.59 Å². The van der Waals surface area contributed by atoms with Gasteiger partial charge >= 0.3 is 12.1 Å². The monoisotopic (exact) mass is 499 g/mol. The lowest BCUT2D eigenvalue weighted by Crippen LogP contribution is -2.49. The van der Waals surface area contributed by atoms with Gasteiger partial charge in [-0.15, -0.1) is 0 Å². The summed E-state index contributed by atoms with van der Waals surface area (Å²) in [5, 5.41) is 3.63. The third-order valence-corrected chi connectivity index (χ3v) is 6.75. The van der Waals surface area contributed by atoms with Crippen molar-refractivity contribution in [3.8, 4) is 0 Å². The van der Waals surface area contributed by atoms with Gasteiger partial charge in [-0.25, -0.2) is 14.5 Å². The molecule has 35 heavy (non-hydrogen) atoms. The van der Waals surface area contributed by atoms with Crippen molar-refractivity contribution in [1.82, 2.24) is 4.90 Å². The van der Waals surface area contributed by atoms with E-state index in [0.717, 1.165) is 36.3 Å². The van der Waals surface area contributed by atoms with Crippen LogP contribution < -0.4 is 10.2 Å². The summed E-state index contributed by atoms with van der Waals surface area (Å²) in [6, 6.07) is 11.0. The number of halogens is 1. The molecule has 0 radical (unpaired) electrons. The first-order chi connectivity index (χ1) is 16.5. The Morgan fingerprint density at radius 2 is 1.86 bits per heavy atom. The minimum Gasteiger partial charge on any atom is -0.449 e. The third-order valence-electron chi connectivity index (χ3n) is 6.39. The maximum atomic E-state index is 13.5. The first-order valence-electron chi connectivity index (χ1n) is 12.4. The van der Waals surface area contributed by atoms with Crippen LogP contribution in [0.25, 0.3) is 0 Å². The number of hydrogen-bond acceptors (Lipinski definition) is 4. The molecule has 3 rings (SSSR count). The molecule has 1 aliphatic carbocycles. The molecule has 0 bridgehead atoms. The molecule has 190 valence electrons. The van der Waals surface area contributed by atoms with Crippen LogP contribution in [0, 0.1) is 12.3 Å². The summed E-state index contributed by atoms with van der Waals surface area (Å²) >= 11 is 6.47. The number of ether oxygens (including phenoxy) is 1. The largest absolute Gasteiger partial charge is 0.449 e. The fraction of sp³-hybridized carbons (Fsp3) is 0.500. The molecule has 0 saturated heterocycles. The Hall–Kier alpha value is -2.73. The number of carbonyl (C=O) groups is 2. The van der Waals surface area contributed by atoms with Crippen LogP contribution in [0.3, 0.4) is 0 Å². The van der Waals surface area contributed by atoms with Crippen LogP contribution in [0.2, 0.25) is 5.02 Å². The zero-order chi connectivity index (χ0) is 25.8. The second-order valence-corrected chi connectivity index (χ2v) is 10.8. The van der Waals surface area contributed by atoms with Gasteiger partial charge in [0, 0.05) is 35.5 Å². The minimum absolute atomic E-state index is 0.211. The number of imide groups is 1. The Morgan fingerprint density at radius 3 is 2.49 bits per heavy atom. The number of fused-ring (bicyclic) bond motifs is 1. The summed E-state index contributed by atoms with van der Waals surface area (Å²) < 4.78 is 5.60. The van der Waals surface area contributed by atoms with Crippen LogP contribution in [0.4, 0.5) is 21.0 Å². The highest BCUT2D eigenvalue weighted by atomic mass is 35.5. The number of benzene rings is 2. The molecular weight excluding hydrogens is 462 g/mol. The summed E-state index contributed by atoms with van der Waals surface area (Å²) in [4.78, 5) is 30.2. The molecule has 6 nitrogen and oxygen atoms in total. The van der Waals surface area contributed by atoms with Gasteiger partial charge in [0.05, 0.1) is 6.61 Å². The molecule has 1 atom stereocenters. The molecule has 0 aliphatic heterocycles. The van der Waals surface area contributed by atoms with Gasteiger partial charge in [-0.1, -0.05) is 44.5 Å². The van der Waals surface area contributed by atoms with Crippen molar-refractivity contribution in [2.75, 3.05) is 29.9 Å². The zero-order valence-corrected chi connectivity index (χ0v) is 22.5. The molecule has 0 saturated carbocycles. The lowest BCUT2D eigenvalue weighted by Gasteiger charge is -2.34. The van der Waals surface area contributed by atoms with E-state index in [1.165, 1.54) is 10.5 Å². The fourth-order valence-corrected chi connectivity index (χ4v) is 4.71. The maximum Gasteiger partial charge on any atom is 0.418 e. The van der Waals surface area contributed by atoms with Crippen molar-refractivity contribution in [1.29, 1.82) is 0 Å². The molecule has 1 N–H and O–H groups in total. The molecule has 0 aromatic heterocycles. The molecule has 0 fully saturated rings. The SMILES string of the molecule is CCN(CC)c1ccc(NC(=O)N(C(=O)OCC(C)(C)C)C2CCc3cccc(Cl)c3C2)c(C)c1. The van der Waals surface area contributed by atoms with E-state index in [1.807, 2.05) is 52.0 Å². The van der Waals surface area contributed by atoms with Crippen LogP contribution in [0.5, 0.6) is 0 Å². The topological polar surface area (TPSA) is 61.9 Å². The van der Waals surface area contributed by atoms with E-state index in [4.69, 9.17) is 16.3 Å². The molecular formula is C28H38ClN3O3. The number of aryl methyl sites for hydroxylation is 2. The van der Waals surface area contributed by atoms with E-state index < -0.39 is 12.1 Å². The molecule has 7 heteroatoms. The molecule has 1 aliphatic rings. The zero-order valence-electron chi connectivity index (χ0n) is 21.8. The number of nitrogens with zero attached hydrogens (tertiary/aromatic N) is 2. The van der Waals surface area contributed by atoms with Gasteiger partial charge in [-0.05, 0) is 86.4 Å². The average molecular weight is 500 g/mol. The lowest BCUT2D eigenvalue weighted by atomic mass is 9.87. The minimum atomic E-state index is -0.629. The van der Waals surface area contributed by atoms with Crippen LogP contribution in [-0.4, -0.2) is 42.8 Å². The fourth-order valence-electron chi connectivity index (χ4n) is 4.44. The normalized spacial score (nSPS) is 15.2. The van der Waals surface area contributed by atoms with E-state index >= 15 is 0 Å². The standard InChI is InChI=1S/C28H38ClN3O3/c1-7-31(8-2)21-14-15-25(19(3)16-21)30-26(33)32(27(34)35-18-28(4,5)6)22-13-12-20-10-9-11-24(29)23(20)17-22/h9-11,14-16,22H,7-8,12-13,17-18H2,1-6H3,(H,30,33). The molecule has 0 spiro atoms. The highest BCUT2D eigenvalue weighted by Gasteiger charge is 2.35. The van der Waals surface area contributed by atoms with Crippen LogP contribution >= 0.6 is 11.6 Å². The number of amides is 3. The Kier molecular flexibility index (Phi) is 8.70. The van der Waals surface area contributed by atoms with Crippen molar-refractivity contribution in [3.05, 3.63) is 58.1 Å². The third kappa shape index (κ3) is 6.69. The van der Waals surface area contributed by atoms with E-state index in [-0.39, 0.29) is 18.1 Å². The number of carbonyl (C=O) groups excluding carboxylic acids is 2. The smallest absolute Gasteiger partial charge is 0.418 e. The molecule has 3 amide bonds. The summed E-state index contributed by atoms with van der Waals surface area (Å²) in [5.74, 6) is 0. The van der Waals surface area contributed by atoms with E-state index in [0.29, 0.717) is 23.6 Å². The van der Waals surface area contributed by atoms with Gasteiger partial charge in [0.15, 0.2) is 0 Å². The first kappa shape index (κ1) is 26.9. The second-order valence-electron chi connectivity index (χ2n) is 10.4. The van der Waals surface area contributed by atoms with Gasteiger partial charge < -0.3 is 15.0 Å². The van der Waals surface area contributed by atoms with Crippen LogP contribution in [0.15, 0.2) is 36.4 Å². The Labute approximate surface area is 214 Å². The Bertz CT molecular complexity index is 1060. The molecule has 2 aromatic rings. The van der Waals surface area contributed by atoms with Crippen molar-refractivity contribution in [3.63, 3.8) is 0 Å². The molecule has 0 heterocycles. The second kappa shape index (κ2) is 11.3. The van der Waals surface area contributed by atoms with Gasteiger partial charge in [-0.3, -0.25) is 0 Å². The van der Waals surface area contributed by atoms with E-state index in [2.05, 4.69) is 36.2 Å². The lowest BCUT2D eigenvalue weighted by molar-refractivity contribution is 0.0703. The summed E-state index contributed by atoms with van der Waals surface area (Å²) in [5.41, 5.74) is 4.66. The average Bonchev–Trinajstić information content (AvgIpc) is 2.80. The van der Waals surface area contributed by atoms with Gasteiger partial charge in [0.1, 0.15) is 0 Å². The maximum absolute atomic E-state index is 13.5. The predicted molar refractivity (Wildman–Crippen MR) is 144 cm³/mol. The highest BCUT2D eigenvalue weighted by molar-refractivity contribution is 6.31. The Balaban J connectivity index is 1.85. The number of hydrogen-bond donors (Lipinski definition) is 1. The molecule has 1 unspecified atom stereocenters. The van der Waals surface area contributed by atoms with Crippen molar-refractivity contribution < 1.29 is 14.3 Å². The van der Waals surface area contributed by atoms with Gasteiger partial charge in [0.2, 0.25) is 0 Å². The first-order valence-corrected chi connectivity index (χ1v) is 12.8.